The van der Waals surface area contributed by atoms with Crippen molar-refractivity contribution in [2.24, 2.45) is 5.16 Å². The molecule has 0 aliphatic carbocycles. The van der Waals surface area contributed by atoms with E-state index in [1.807, 2.05) is 18.2 Å². The normalized spacial score (nSPS) is 19.7. The van der Waals surface area contributed by atoms with Gasteiger partial charge in [0.2, 0.25) is 0 Å². The average molecular weight is 449 g/mol. The first-order valence-electron chi connectivity index (χ1n) is 9.95. The fourth-order valence-corrected chi connectivity index (χ4v) is 4.37. The van der Waals surface area contributed by atoms with Crippen molar-refractivity contribution in [2.75, 3.05) is 7.05 Å². The molecule has 0 spiro atoms. The highest BCUT2D eigenvalue weighted by Crippen LogP contribution is 2.39. The molecule has 1 heterocycles. The number of hydrogen-bond acceptors (Lipinski definition) is 3. The summed E-state index contributed by atoms with van der Waals surface area (Å²) >= 11 is 3.58. The van der Waals surface area contributed by atoms with Crippen molar-refractivity contribution in [1.82, 2.24) is 4.90 Å². The molecule has 2 atom stereocenters. The molecule has 0 radical (unpaired) electrons. The Balaban J connectivity index is 1.57. The molecule has 0 amide bonds. The third-order valence-electron chi connectivity index (χ3n) is 5.58. The largest absolute Gasteiger partial charge is 0.391 e. The minimum Gasteiger partial charge on any atom is -0.391 e. The van der Waals surface area contributed by atoms with Gasteiger partial charge in [-0.25, -0.2) is 0 Å². The summed E-state index contributed by atoms with van der Waals surface area (Å²) < 4.78 is 1.05. The van der Waals surface area contributed by atoms with E-state index in [-0.39, 0.29) is 12.1 Å². The van der Waals surface area contributed by atoms with E-state index in [0.717, 1.165) is 28.6 Å². The molecule has 0 aromatic heterocycles. The molecule has 2 unspecified atom stereocenters. The van der Waals surface area contributed by atoms with Crippen LogP contribution in [0.1, 0.15) is 41.6 Å². The van der Waals surface area contributed by atoms with Crippen molar-refractivity contribution in [3.05, 3.63) is 106 Å². The Kier molecular flexibility index (Phi) is 6.43. The number of halogens is 1. The summed E-state index contributed by atoms with van der Waals surface area (Å²) in [6, 6.07) is 30.0. The van der Waals surface area contributed by atoms with Crippen LogP contribution in [0.15, 0.2) is 94.6 Å². The SMILES string of the molecule is CN1C(c2ccccc2)CC(=NOCc2ccccc2Br)CC1c1ccccc1. The Labute approximate surface area is 181 Å². The highest BCUT2D eigenvalue weighted by molar-refractivity contribution is 9.10. The maximum absolute atomic E-state index is 5.78. The number of piperidine rings is 1. The van der Waals surface area contributed by atoms with Crippen molar-refractivity contribution in [3.8, 4) is 0 Å². The van der Waals surface area contributed by atoms with Crippen LogP contribution in [-0.2, 0) is 11.4 Å². The number of benzene rings is 3. The minimum absolute atomic E-state index is 0.279. The molecule has 4 rings (SSSR count). The molecule has 1 aliphatic rings. The second kappa shape index (κ2) is 9.38. The molecule has 29 heavy (non-hydrogen) atoms. The molecule has 3 nitrogen and oxygen atoms in total. The Morgan fingerprint density at radius 3 is 1.90 bits per heavy atom. The molecule has 3 aromatic rings. The topological polar surface area (TPSA) is 24.8 Å². The van der Waals surface area contributed by atoms with Gasteiger partial charge in [-0.2, -0.15) is 0 Å². The van der Waals surface area contributed by atoms with Gasteiger partial charge in [-0.3, -0.25) is 4.90 Å². The zero-order valence-corrected chi connectivity index (χ0v) is 18.1. The third-order valence-corrected chi connectivity index (χ3v) is 6.36. The standard InChI is InChI=1S/C25H25BrN2O/c1-28-24(19-10-4-2-5-11-19)16-22(17-25(28)20-12-6-3-7-13-20)27-29-18-21-14-8-9-15-23(21)26/h2-15,24-25H,16-18H2,1H3. The highest BCUT2D eigenvalue weighted by Gasteiger charge is 2.33. The first kappa shape index (κ1) is 19.9. The minimum atomic E-state index is 0.279. The van der Waals surface area contributed by atoms with Crippen LogP contribution in [0, 0.1) is 0 Å². The predicted octanol–water partition coefficient (Wildman–Crippen LogP) is 6.53. The summed E-state index contributed by atoms with van der Waals surface area (Å²) in [7, 11) is 2.22. The van der Waals surface area contributed by atoms with E-state index < -0.39 is 0 Å². The quantitative estimate of drug-likeness (QED) is 0.414. The maximum atomic E-state index is 5.78. The van der Waals surface area contributed by atoms with Crippen LogP contribution >= 0.6 is 15.9 Å². The monoisotopic (exact) mass is 448 g/mol. The molecule has 148 valence electrons. The first-order chi connectivity index (χ1) is 14.2. The zero-order valence-electron chi connectivity index (χ0n) is 16.5. The van der Waals surface area contributed by atoms with Crippen LogP contribution in [0.5, 0.6) is 0 Å². The Morgan fingerprint density at radius 2 is 1.34 bits per heavy atom. The van der Waals surface area contributed by atoms with Gasteiger partial charge in [0.25, 0.3) is 0 Å². The second-order valence-electron chi connectivity index (χ2n) is 7.45. The summed E-state index contributed by atoms with van der Waals surface area (Å²) in [5.74, 6) is 0. The average Bonchev–Trinajstić information content (AvgIpc) is 2.77. The lowest BCUT2D eigenvalue weighted by Gasteiger charge is -2.40. The third kappa shape index (κ3) is 4.77. The van der Waals surface area contributed by atoms with Crippen LogP contribution in [0.25, 0.3) is 0 Å². The smallest absolute Gasteiger partial charge is 0.143 e. The number of likely N-dealkylation sites (tertiary alicyclic amines) is 1. The summed E-state index contributed by atoms with van der Waals surface area (Å²) in [4.78, 5) is 8.25. The molecular formula is C25H25BrN2O. The molecule has 3 aromatic carbocycles. The predicted molar refractivity (Wildman–Crippen MR) is 122 cm³/mol. The second-order valence-corrected chi connectivity index (χ2v) is 8.30. The Hall–Kier alpha value is -2.43. The van der Waals surface area contributed by atoms with Crippen molar-refractivity contribution in [1.29, 1.82) is 0 Å². The van der Waals surface area contributed by atoms with Gasteiger partial charge >= 0.3 is 0 Å². The van der Waals surface area contributed by atoms with Crippen LogP contribution < -0.4 is 0 Å². The van der Waals surface area contributed by atoms with E-state index in [1.54, 1.807) is 0 Å². The van der Waals surface area contributed by atoms with E-state index in [1.165, 1.54) is 11.1 Å². The summed E-state index contributed by atoms with van der Waals surface area (Å²) in [6.45, 7) is 0.465. The van der Waals surface area contributed by atoms with Gasteiger partial charge in [-0.1, -0.05) is 99.9 Å². The molecule has 0 N–H and O–H groups in total. The lowest BCUT2D eigenvalue weighted by molar-refractivity contribution is 0.118. The molecule has 0 bridgehead atoms. The fourth-order valence-electron chi connectivity index (χ4n) is 3.97. The Morgan fingerprint density at radius 1 is 0.828 bits per heavy atom. The molecule has 1 saturated heterocycles. The van der Waals surface area contributed by atoms with E-state index in [9.17, 15) is 0 Å². The number of hydrogen-bond donors (Lipinski definition) is 0. The van der Waals surface area contributed by atoms with Crippen molar-refractivity contribution in [2.45, 2.75) is 31.5 Å². The van der Waals surface area contributed by atoms with Crippen LogP contribution in [0.4, 0.5) is 0 Å². The van der Waals surface area contributed by atoms with Gasteiger partial charge in [0.15, 0.2) is 0 Å². The van der Waals surface area contributed by atoms with Crippen molar-refractivity contribution in [3.63, 3.8) is 0 Å². The first-order valence-corrected chi connectivity index (χ1v) is 10.7. The van der Waals surface area contributed by atoms with E-state index in [2.05, 4.69) is 99.8 Å². The lowest BCUT2D eigenvalue weighted by Crippen LogP contribution is -2.37. The number of oxime groups is 1. The van der Waals surface area contributed by atoms with Gasteiger partial charge < -0.3 is 4.84 Å². The van der Waals surface area contributed by atoms with Crippen LogP contribution in [-0.4, -0.2) is 17.7 Å². The summed E-state index contributed by atoms with van der Waals surface area (Å²) in [5.41, 5.74) is 4.84. The Bertz CT molecular complexity index is 907. The van der Waals surface area contributed by atoms with Crippen LogP contribution in [0.3, 0.4) is 0 Å². The number of rotatable bonds is 5. The van der Waals surface area contributed by atoms with Gasteiger partial charge in [0.1, 0.15) is 6.61 Å². The van der Waals surface area contributed by atoms with Crippen molar-refractivity contribution < 1.29 is 4.84 Å². The molecule has 1 fully saturated rings. The van der Waals surface area contributed by atoms with E-state index in [0.29, 0.717) is 6.61 Å². The fraction of sp³-hybridized carbons (Fsp3) is 0.240. The molecule has 4 heteroatoms. The molecule has 0 saturated carbocycles. The number of nitrogens with zero attached hydrogens (tertiary/aromatic N) is 2. The zero-order chi connectivity index (χ0) is 20.1. The van der Waals surface area contributed by atoms with Crippen molar-refractivity contribution >= 4 is 21.6 Å². The van der Waals surface area contributed by atoms with E-state index in [4.69, 9.17) is 4.84 Å². The lowest BCUT2D eigenvalue weighted by atomic mass is 9.87. The van der Waals surface area contributed by atoms with Gasteiger partial charge in [0, 0.05) is 35.0 Å². The summed E-state index contributed by atoms with van der Waals surface area (Å²) in [6.07, 6.45) is 1.75. The van der Waals surface area contributed by atoms with Gasteiger partial charge in [-0.15, -0.1) is 0 Å². The van der Waals surface area contributed by atoms with E-state index >= 15 is 0 Å². The van der Waals surface area contributed by atoms with Gasteiger partial charge in [-0.05, 0) is 24.2 Å². The van der Waals surface area contributed by atoms with Crippen LogP contribution in [0.2, 0.25) is 0 Å². The van der Waals surface area contributed by atoms with Gasteiger partial charge in [0.05, 0.1) is 5.71 Å². The summed E-state index contributed by atoms with van der Waals surface area (Å²) in [5, 5.41) is 4.57. The maximum Gasteiger partial charge on any atom is 0.143 e. The highest BCUT2D eigenvalue weighted by atomic mass is 79.9. The molecule has 1 aliphatic heterocycles. The molecular weight excluding hydrogens is 424 g/mol.